The predicted octanol–water partition coefficient (Wildman–Crippen LogP) is 0.450. The van der Waals surface area contributed by atoms with Gasteiger partial charge in [-0.15, -0.1) is 0 Å². The Morgan fingerprint density at radius 2 is 1.91 bits per heavy atom. The van der Waals surface area contributed by atoms with E-state index in [-0.39, 0.29) is 30.4 Å². The number of carbonyl (C=O) groups is 3. The van der Waals surface area contributed by atoms with Crippen molar-refractivity contribution in [3.63, 3.8) is 0 Å². The standard InChI is InChI=1S/C16H26N4O3/c1-11-12(2)19(9-8-17-11)13(21)10-20-14(22)16(18-15(20)23)6-4-3-5-7-16/h11-12,17H,3-10H2,1-2H3,(H,18,23). The average molecular weight is 322 g/mol. The van der Waals surface area contributed by atoms with Crippen molar-refractivity contribution in [2.75, 3.05) is 19.6 Å². The van der Waals surface area contributed by atoms with Gasteiger partial charge in [-0.3, -0.25) is 14.5 Å². The lowest BCUT2D eigenvalue weighted by molar-refractivity contribution is -0.141. The van der Waals surface area contributed by atoms with Crippen LogP contribution in [0.5, 0.6) is 0 Å². The van der Waals surface area contributed by atoms with Crippen molar-refractivity contribution in [3.8, 4) is 0 Å². The molecule has 2 unspecified atom stereocenters. The van der Waals surface area contributed by atoms with Gasteiger partial charge in [0.05, 0.1) is 0 Å². The third-order valence-corrected chi connectivity index (χ3v) is 5.60. The lowest BCUT2D eigenvalue weighted by Gasteiger charge is -2.39. The summed E-state index contributed by atoms with van der Waals surface area (Å²) in [6, 6.07) is -0.151. The van der Waals surface area contributed by atoms with Crippen molar-refractivity contribution < 1.29 is 14.4 Å². The van der Waals surface area contributed by atoms with Crippen LogP contribution >= 0.6 is 0 Å². The van der Waals surface area contributed by atoms with Crippen molar-refractivity contribution in [2.45, 2.75) is 63.6 Å². The first-order valence-electron chi connectivity index (χ1n) is 8.61. The molecule has 0 bridgehead atoms. The lowest BCUT2D eigenvalue weighted by atomic mass is 9.82. The van der Waals surface area contributed by atoms with Crippen molar-refractivity contribution in [3.05, 3.63) is 0 Å². The zero-order valence-corrected chi connectivity index (χ0v) is 13.9. The molecule has 0 radical (unpaired) electrons. The van der Waals surface area contributed by atoms with E-state index < -0.39 is 11.6 Å². The van der Waals surface area contributed by atoms with Crippen LogP contribution in [-0.2, 0) is 9.59 Å². The number of imide groups is 1. The molecule has 7 nitrogen and oxygen atoms in total. The van der Waals surface area contributed by atoms with Crippen LogP contribution in [0, 0.1) is 0 Å². The SMILES string of the molecule is CC1NCCN(C(=O)CN2C(=O)NC3(CCCCC3)C2=O)C1C. The van der Waals surface area contributed by atoms with Crippen LogP contribution in [-0.4, -0.2) is 64.9 Å². The Bertz CT molecular complexity index is 515. The first-order valence-corrected chi connectivity index (χ1v) is 8.61. The molecule has 2 aliphatic heterocycles. The Balaban J connectivity index is 1.68. The molecule has 1 spiro atoms. The number of nitrogens with zero attached hydrogens (tertiary/aromatic N) is 2. The summed E-state index contributed by atoms with van der Waals surface area (Å²) >= 11 is 0. The number of nitrogens with one attached hydrogen (secondary N) is 2. The van der Waals surface area contributed by atoms with Gasteiger partial charge in [-0.2, -0.15) is 0 Å². The molecule has 4 amide bonds. The van der Waals surface area contributed by atoms with Crippen LogP contribution < -0.4 is 10.6 Å². The first-order chi connectivity index (χ1) is 10.9. The van der Waals surface area contributed by atoms with Gasteiger partial charge in [0.2, 0.25) is 5.91 Å². The minimum Gasteiger partial charge on any atom is -0.336 e. The van der Waals surface area contributed by atoms with Gasteiger partial charge in [0.1, 0.15) is 12.1 Å². The van der Waals surface area contributed by atoms with Crippen LogP contribution in [0.4, 0.5) is 4.79 Å². The third kappa shape index (κ3) is 2.82. The van der Waals surface area contributed by atoms with E-state index in [4.69, 9.17) is 0 Å². The van der Waals surface area contributed by atoms with Gasteiger partial charge < -0.3 is 15.5 Å². The minimum atomic E-state index is -0.752. The fourth-order valence-corrected chi connectivity index (χ4v) is 3.95. The molecular formula is C16H26N4O3. The van der Waals surface area contributed by atoms with Crippen molar-refractivity contribution in [1.29, 1.82) is 0 Å². The third-order valence-electron chi connectivity index (χ3n) is 5.60. The average Bonchev–Trinajstić information content (AvgIpc) is 2.75. The Kier molecular flexibility index (Phi) is 4.31. The van der Waals surface area contributed by atoms with Crippen molar-refractivity contribution in [1.82, 2.24) is 20.4 Å². The number of hydrogen-bond acceptors (Lipinski definition) is 4. The highest BCUT2D eigenvalue weighted by Gasteiger charge is 2.52. The van der Waals surface area contributed by atoms with Gasteiger partial charge in [0, 0.05) is 25.2 Å². The Labute approximate surface area is 136 Å². The molecule has 128 valence electrons. The molecule has 0 aromatic carbocycles. The summed E-state index contributed by atoms with van der Waals surface area (Å²) in [7, 11) is 0. The van der Waals surface area contributed by atoms with Crippen molar-refractivity contribution >= 4 is 17.8 Å². The highest BCUT2D eigenvalue weighted by atomic mass is 16.2. The van der Waals surface area contributed by atoms with Gasteiger partial charge in [0.25, 0.3) is 5.91 Å². The maximum atomic E-state index is 12.7. The molecule has 0 aromatic rings. The van der Waals surface area contributed by atoms with E-state index >= 15 is 0 Å². The summed E-state index contributed by atoms with van der Waals surface area (Å²) in [6.45, 7) is 5.22. The van der Waals surface area contributed by atoms with E-state index in [1.807, 2.05) is 13.8 Å². The molecule has 2 heterocycles. The molecule has 1 aliphatic carbocycles. The summed E-state index contributed by atoms with van der Waals surface area (Å²) in [5, 5.41) is 6.17. The zero-order chi connectivity index (χ0) is 16.6. The summed E-state index contributed by atoms with van der Waals surface area (Å²) in [5.74, 6) is -0.367. The minimum absolute atomic E-state index is 0.0562. The molecule has 3 rings (SSSR count). The fourth-order valence-electron chi connectivity index (χ4n) is 3.95. The predicted molar refractivity (Wildman–Crippen MR) is 84.7 cm³/mol. The highest BCUT2D eigenvalue weighted by molar-refractivity contribution is 6.09. The van der Waals surface area contributed by atoms with E-state index in [0.29, 0.717) is 19.4 Å². The summed E-state index contributed by atoms with van der Waals surface area (Å²) in [4.78, 5) is 40.4. The van der Waals surface area contributed by atoms with E-state index in [9.17, 15) is 14.4 Å². The first kappa shape index (κ1) is 16.2. The van der Waals surface area contributed by atoms with Gasteiger partial charge in [-0.1, -0.05) is 19.3 Å². The monoisotopic (exact) mass is 322 g/mol. The molecule has 2 N–H and O–H groups in total. The fraction of sp³-hybridized carbons (Fsp3) is 0.812. The van der Waals surface area contributed by atoms with Gasteiger partial charge >= 0.3 is 6.03 Å². The second kappa shape index (κ2) is 6.11. The number of carbonyl (C=O) groups excluding carboxylic acids is 3. The number of urea groups is 1. The largest absolute Gasteiger partial charge is 0.336 e. The number of amides is 4. The Hall–Kier alpha value is -1.63. The Morgan fingerprint density at radius 1 is 1.22 bits per heavy atom. The molecule has 23 heavy (non-hydrogen) atoms. The van der Waals surface area contributed by atoms with Crippen LogP contribution in [0.25, 0.3) is 0 Å². The molecule has 3 fully saturated rings. The molecule has 3 aliphatic rings. The summed E-state index contributed by atoms with van der Waals surface area (Å²) < 4.78 is 0. The maximum absolute atomic E-state index is 12.7. The summed E-state index contributed by atoms with van der Waals surface area (Å²) in [5.41, 5.74) is -0.752. The number of piperazine rings is 1. The summed E-state index contributed by atoms with van der Waals surface area (Å²) in [6.07, 6.45) is 4.35. The molecule has 2 atom stereocenters. The molecular weight excluding hydrogens is 296 g/mol. The van der Waals surface area contributed by atoms with Crippen molar-refractivity contribution in [2.24, 2.45) is 0 Å². The van der Waals surface area contributed by atoms with E-state index in [0.717, 1.165) is 30.7 Å². The van der Waals surface area contributed by atoms with Gasteiger partial charge in [0.15, 0.2) is 0 Å². The van der Waals surface area contributed by atoms with Crippen LogP contribution in [0.2, 0.25) is 0 Å². The van der Waals surface area contributed by atoms with E-state index in [1.165, 1.54) is 0 Å². The molecule has 2 saturated heterocycles. The second-order valence-corrected chi connectivity index (χ2v) is 7.03. The molecule has 0 aromatic heterocycles. The van der Waals surface area contributed by atoms with Crippen LogP contribution in [0.1, 0.15) is 46.0 Å². The smallest absolute Gasteiger partial charge is 0.325 e. The highest BCUT2D eigenvalue weighted by Crippen LogP contribution is 2.33. The Morgan fingerprint density at radius 3 is 2.61 bits per heavy atom. The molecule has 1 saturated carbocycles. The van der Waals surface area contributed by atoms with Gasteiger partial charge in [-0.25, -0.2) is 4.79 Å². The van der Waals surface area contributed by atoms with Crippen LogP contribution in [0.15, 0.2) is 0 Å². The topological polar surface area (TPSA) is 81.8 Å². The van der Waals surface area contributed by atoms with Gasteiger partial charge in [-0.05, 0) is 26.7 Å². The number of rotatable bonds is 2. The van der Waals surface area contributed by atoms with E-state index in [1.54, 1.807) is 4.90 Å². The second-order valence-electron chi connectivity index (χ2n) is 7.03. The number of hydrogen-bond donors (Lipinski definition) is 2. The van der Waals surface area contributed by atoms with Crippen LogP contribution in [0.3, 0.4) is 0 Å². The van der Waals surface area contributed by atoms with E-state index in [2.05, 4.69) is 10.6 Å². The zero-order valence-electron chi connectivity index (χ0n) is 13.9. The lowest BCUT2D eigenvalue weighted by Crippen LogP contribution is -2.59. The quantitative estimate of drug-likeness (QED) is 0.723. The maximum Gasteiger partial charge on any atom is 0.325 e. The normalized spacial score (nSPS) is 30.7. The molecule has 7 heteroatoms.